The molecule has 0 spiro atoms. The van der Waals surface area contributed by atoms with E-state index < -0.39 is 0 Å². The average Bonchev–Trinajstić information content (AvgIpc) is 3.29. The summed E-state index contributed by atoms with van der Waals surface area (Å²) < 4.78 is 3.20. The molecule has 2 aromatic carbocycles. The summed E-state index contributed by atoms with van der Waals surface area (Å²) in [5.41, 5.74) is 6.10. The SMILES string of the molecule is CCc1cc(-c2ccc3nc(C4CCNCC4)sc3c2)cc2cn(C)nc12. The van der Waals surface area contributed by atoms with Crippen molar-refractivity contribution in [2.24, 2.45) is 7.05 Å². The van der Waals surface area contributed by atoms with Crippen molar-refractivity contribution in [1.82, 2.24) is 20.1 Å². The monoisotopic (exact) mass is 376 g/mol. The van der Waals surface area contributed by atoms with Gasteiger partial charge in [-0.05, 0) is 73.3 Å². The number of nitrogens with one attached hydrogen (secondary N) is 1. The zero-order chi connectivity index (χ0) is 18.4. The van der Waals surface area contributed by atoms with E-state index in [-0.39, 0.29) is 0 Å². The van der Waals surface area contributed by atoms with Gasteiger partial charge < -0.3 is 5.32 Å². The average molecular weight is 377 g/mol. The van der Waals surface area contributed by atoms with E-state index in [9.17, 15) is 0 Å². The van der Waals surface area contributed by atoms with E-state index in [0.29, 0.717) is 5.92 Å². The summed E-state index contributed by atoms with van der Waals surface area (Å²) in [6.07, 6.45) is 5.50. The molecule has 0 atom stereocenters. The van der Waals surface area contributed by atoms with Gasteiger partial charge in [0.1, 0.15) is 0 Å². The van der Waals surface area contributed by atoms with Gasteiger partial charge in [0.2, 0.25) is 0 Å². The zero-order valence-electron chi connectivity index (χ0n) is 15.8. The van der Waals surface area contributed by atoms with Crippen molar-refractivity contribution in [3.63, 3.8) is 0 Å². The van der Waals surface area contributed by atoms with Crippen molar-refractivity contribution in [2.75, 3.05) is 13.1 Å². The van der Waals surface area contributed by atoms with Crippen LogP contribution in [0.3, 0.4) is 0 Å². The minimum atomic E-state index is 0.616. The standard InChI is InChI=1S/C22H24N4S/c1-3-14-10-17(11-18-13-26(2)25-21(14)18)16-4-5-19-20(12-16)27-22(24-19)15-6-8-23-9-7-15/h4-5,10-13,15,23H,3,6-9H2,1-2H3. The van der Waals surface area contributed by atoms with Crippen LogP contribution in [0.15, 0.2) is 36.5 Å². The van der Waals surface area contributed by atoms with Gasteiger partial charge in [0.15, 0.2) is 0 Å². The highest BCUT2D eigenvalue weighted by Gasteiger charge is 2.19. The number of hydrogen-bond acceptors (Lipinski definition) is 4. The van der Waals surface area contributed by atoms with Gasteiger partial charge in [-0.15, -0.1) is 11.3 Å². The third-order valence-electron chi connectivity index (χ3n) is 5.61. The number of thiazole rings is 1. The third kappa shape index (κ3) is 3.05. The first-order chi connectivity index (χ1) is 13.2. The van der Waals surface area contributed by atoms with Crippen molar-refractivity contribution >= 4 is 32.5 Å². The predicted molar refractivity (Wildman–Crippen MR) is 114 cm³/mol. The summed E-state index contributed by atoms with van der Waals surface area (Å²) in [7, 11) is 1.99. The molecule has 1 N–H and O–H groups in total. The van der Waals surface area contributed by atoms with Gasteiger partial charge in [-0.25, -0.2) is 4.98 Å². The molecule has 0 amide bonds. The lowest BCUT2D eigenvalue weighted by atomic mass is 9.99. The first-order valence-corrected chi connectivity index (χ1v) is 10.6. The van der Waals surface area contributed by atoms with Crippen LogP contribution in [-0.4, -0.2) is 27.9 Å². The van der Waals surface area contributed by atoms with E-state index in [1.807, 2.05) is 23.1 Å². The van der Waals surface area contributed by atoms with Gasteiger partial charge in [-0.2, -0.15) is 5.10 Å². The normalized spacial score (nSPS) is 15.8. The van der Waals surface area contributed by atoms with E-state index in [4.69, 9.17) is 4.98 Å². The van der Waals surface area contributed by atoms with Crippen LogP contribution >= 0.6 is 11.3 Å². The van der Waals surface area contributed by atoms with Crippen LogP contribution in [0.4, 0.5) is 0 Å². The fourth-order valence-electron chi connectivity index (χ4n) is 4.13. The molecule has 0 unspecified atom stereocenters. The van der Waals surface area contributed by atoms with Crippen molar-refractivity contribution in [3.8, 4) is 11.1 Å². The number of aryl methyl sites for hydroxylation is 2. The van der Waals surface area contributed by atoms with Gasteiger partial charge in [0.05, 0.1) is 20.7 Å². The van der Waals surface area contributed by atoms with Crippen LogP contribution < -0.4 is 5.32 Å². The summed E-state index contributed by atoms with van der Waals surface area (Å²) in [5.74, 6) is 0.616. The van der Waals surface area contributed by atoms with Gasteiger partial charge in [-0.1, -0.05) is 13.0 Å². The molecule has 3 heterocycles. The molecule has 5 heteroatoms. The molecule has 0 radical (unpaired) electrons. The fourth-order valence-corrected chi connectivity index (χ4v) is 5.30. The van der Waals surface area contributed by atoms with Crippen molar-refractivity contribution in [2.45, 2.75) is 32.1 Å². The lowest BCUT2D eigenvalue weighted by Crippen LogP contribution is -2.26. The molecule has 138 valence electrons. The molecule has 2 aromatic heterocycles. The molecular formula is C22H24N4S. The molecular weight excluding hydrogens is 352 g/mol. The van der Waals surface area contributed by atoms with Crippen LogP contribution in [0.25, 0.3) is 32.2 Å². The molecule has 0 saturated carbocycles. The molecule has 1 aliphatic heterocycles. The second-order valence-corrected chi connectivity index (χ2v) is 8.55. The lowest BCUT2D eigenvalue weighted by Gasteiger charge is -2.20. The Bertz CT molecular complexity index is 1120. The molecule has 0 bridgehead atoms. The van der Waals surface area contributed by atoms with Crippen molar-refractivity contribution < 1.29 is 0 Å². The first-order valence-electron chi connectivity index (χ1n) is 9.79. The lowest BCUT2D eigenvalue weighted by molar-refractivity contribution is 0.459. The predicted octanol–water partition coefficient (Wildman–Crippen LogP) is 4.88. The molecule has 5 rings (SSSR count). The number of rotatable bonds is 3. The molecule has 1 fully saturated rings. The Labute approximate surface area is 163 Å². The summed E-state index contributed by atoms with van der Waals surface area (Å²) in [6, 6.07) is 11.3. The number of benzene rings is 2. The Morgan fingerprint density at radius 3 is 2.81 bits per heavy atom. The van der Waals surface area contributed by atoms with Crippen LogP contribution in [0.2, 0.25) is 0 Å². The fraction of sp³-hybridized carbons (Fsp3) is 0.364. The minimum Gasteiger partial charge on any atom is -0.317 e. The largest absolute Gasteiger partial charge is 0.317 e. The van der Waals surface area contributed by atoms with Crippen LogP contribution in [-0.2, 0) is 13.5 Å². The summed E-state index contributed by atoms with van der Waals surface area (Å²) in [5, 5.41) is 10.6. The summed E-state index contributed by atoms with van der Waals surface area (Å²) >= 11 is 1.87. The second-order valence-electron chi connectivity index (χ2n) is 7.49. The second kappa shape index (κ2) is 6.73. The number of hydrogen-bond donors (Lipinski definition) is 1. The van der Waals surface area contributed by atoms with E-state index in [0.717, 1.165) is 30.5 Å². The number of nitrogens with zero attached hydrogens (tertiary/aromatic N) is 3. The third-order valence-corrected chi connectivity index (χ3v) is 6.79. The summed E-state index contributed by atoms with van der Waals surface area (Å²) in [6.45, 7) is 4.42. The molecule has 1 saturated heterocycles. The quantitative estimate of drug-likeness (QED) is 0.554. The Balaban J connectivity index is 1.57. The molecule has 4 aromatic rings. The van der Waals surface area contributed by atoms with E-state index in [1.165, 1.54) is 44.6 Å². The zero-order valence-corrected chi connectivity index (χ0v) is 16.6. The Morgan fingerprint density at radius 2 is 2.00 bits per heavy atom. The topological polar surface area (TPSA) is 42.7 Å². The molecule has 27 heavy (non-hydrogen) atoms. The van der Waals surface area contributed by atoms with E-state index in [1.54, 1.807) is 0 Å². The highest BCUT2D eigenvalue weighted by molar-refractivity contribution is 7.18. The number of piperidine rings is 1. The first kappa shape index (κ1) is 16.9. The van der Waals surface area contributed by atoms with Crippen molar-refractivity contribution in [1.29, 1.82) is 0 Å². The Kier molecular flexibility index (Phi) is 4.21. The molecule has 0 aliphatic carbocycles. The van der Waals surface area contributed by atoms with Crippen LogP contribution in [0.1, 0.15) is 36.3 Å². The minimum absolute atomic E-state index is 0.616. The van der Waals surface area contributed by atoms with E-state index in [2.05, 4.69) is 53.9 Å². The Morgan fingerprint density at radius 1 is 1.15 bits per heavy atom. The van der Waals surface area contributed by atoms with Gasteiger partial charge in [0.25, 0.3) is 0 Å². The number of aromatic nitrogens is 3. The highest BCUT2D eigenvalue weighted by atomic mass is 32.1. The highest BCUT2D eigenvalue weighted by Crippen LogP contribution is 2.35. The van der Waals surface area contributed by atoms with E-state index >= 15 is 0 Å². The maximum Gasteiger partial charge on any atom is 0.0970 e. The molecule has 1 aliphatic rings. The van der Waals surface area contributed by atoms with Gasteiger partial charge >= 0.3 is 0 Å². The van der Waals surface area contributed by atoms with Crippen LogP contribution in [0, 0.1) is 0 Å². The molecule has 4 nitrogen and oxygen atoms in total. The number of fused-ring (bicyclic) bond motifs is 2. The smallest absolute Gasteiger partial charge is 0.0970 e. The van der Waals surface area contributed by atoms with Crippen LogP contribution in [0.5, 0.6) is 0 Å². The maximum absolute atomic E-state index is 4.94. The Hall–Kier alpha value is -2.24. The summed E-state index contributed by atoms with van der Waals surface area (Å²) in [4.78, 5) is 4.94. The van der Waals surface area contributed by atoms with Gasteiger partial charge in [-0.3, -0.25) is 4.68 Å². The maximum atomic E-state index is 4.94. The van der Waals surface area contributed by atoms with Gasteiger partial charge in [0, 0.05) is 24.5 Å². The van der Waals surface area contributed by atoms with Crippen molar-refractivity contribution in [3.05, 3.63) is 47.1 Å².